The standard InChI is InChI=1S/C19H21NO4/c1-12(2)24-18(22)19(8-5-9-20-19)16-11-14-7-4-6-13(14)10-15(16)17(21)23-3/h5,8-12H,4,6-7H2,1-3H3. The quantitative estimate of drug-likeness (QED) is 0.798. The van der Waals surface area contributed by atoms with E-state index in [0.717, 1.165) is 30.4 Å². The van der Waals surface area contributed by atoms with Gasteiger partial charge in [0.15, 0.2) is 0 Å². The van der Waals surface area contributed by atoms with Crippen molar-refractivity contribution in [3.05, 3.63) is 46.5 Å². The first-order valence-corrected chi connectivity index (χ1v) is 8.16. The zero-order valence-corrected chi connectivity index (χ0v) is 14.2. The summed E-state index contributed by atoms with van der Waals surface area (Å²) < 4.78 is 10.4. The fourth-order valence-corrected chi connectivity index (χ4v) is 3.30. The number of aryl methyl sites for hydroxylation is 2. The average molecular weight is 327 g/mol. The molecule has 5 nitrogen and oxygen atoms in total. The third kappa shape index (κ3) is 2.64. The summed E-state index contributed by atoms with van der Waals surface area (Å²) in [5.74, 6) is -0.947. The predicted octanol–water partition coefficient (Wildman–Crippen LogP) is 2.75. The molecule has 1 aliphatic carbocycles. The Kier molecular flexibility index (Phi) is 4.26. The van der Waals surface area contributed by atoms with E-state index in [0.29, 0.717) is 11.1 Å². The largest absolute Gasteiger partial charge is 0.465 e. The van der Waals surface area contributed by atoms with E-state index in [2.05, 4.69) is 4.99 Å². The van der Waals surface area contributed by atoms with Crippen LogP contribution in [0.15, 0.2) is 29.3 Å². The van der Waals surface area contributed by atoms with Crippen molar-refractivity contribution in [3.63, 3.8) is 0 Å². The number of nitrogens with zero attached hydrogens (tertiary/aromatic N) is 1. The number of esters is 2. The molecule has 1 aromatic carbocycles. The molecule has 2 aliphatic rings. The van der Waals surface area contributed by atoms with Crippen molar-refractivity contribution >= 4 is 18.2 Å². The maximum atomic E-state index is 12.8. The molecule has 1 aromatic rings. The van der Waals surface area contributed by atoms with E-state index in [1.54, 1.807) is 32.2 Å². The van der Waals surface area contributed by atoms with Gasteiger partial charge in [-0.15, -0.1) is 0 Å². The molecule has 0 amide bonds. The fourth-order valence-electron chi connectivity index (χ4n) is 3.30. The Hall–Kier alpha value is -2.43. The Balaban J connectivity index is 2.18. The normalized spacial score (nSPS) is 21.2. The summed E-state index contributed by atoms with van der Waals surface area (Å²) in [7, 11) is 1.34. The highest BCUT2D eigenvalue weighted by Gasteiger charge is 2.44. The number of hydrogen-bond acceptors (Lipinski definition) is 5. The lowest BCUT2D eigenvalue weighted by Crippen LogP contribution is -2.36. The fraction of sp³-hybridized carbons (Fsp3) is 0.421. The van der Waals surface area contributed by atoms with Crippen LogP contribution in [0.1, 0.15) is 47.3 Å². The maximum Gasteiger partial charge on any atom is 0.343 e. The minimum absolute atomic E-state index is 0.269. The average Bonchev–Trinajstić information content (AvgIpc) is 3.21. The summed E-state index contributed by atoms with van der Waals surface area (Å²) >= 11 is 0. The monoisotopic (exact) mass is 327 g/mol. The molecule has 1 heterocycles. The third-order valence-corrected chi connectivity index (χ3v) is 4.40. The number of methoxy groups -OCH3 is 1. The molecule has 0 saturated carbocycles. The third-order valence-electron chi connectivity index (χ3n) is 4.40. The zero-order chi connectivity index (χ0) is 17.3. The number of ether oxygens (including phenoxy) is 2. The van der Waals surface area contributed by atoms with E-state index in [9.17, 15) is 9.59 Å². The Morgan fingerprint density at radius 2 is 1.92 bits per heavy atom. The summed E-state index contributed by atoms with van der Waals surface area (Å²) in [4.78, 5) is 29.5. The first kappa shape index (κ1) is 16.4. The molecule has 0 aromatic heterocycles. The van der Waals surface area contributed by atoms with E-state index < -0.39 is 17.5 Å². The highest BCUT2D eigenvalue weighted by atomic mass is 16.5. The molecule has 1 atom stereocenters. The molecule has 0 N–H and O–H groups in total. The Morgan fingerprint density at radius 1 is 1.21 bits per heavy atom. The summed E-state index contributed by atoms with van der Waals surface area (Å²) in [5.41, 5.74) is 1.89. The highest BCUT2D eigenvalue weighted by molar-refractivity contribution is 5.99. The van der Waals surface area contributed by atoms with Gasteiger partial charge in [0.2, 0.25) is 5.54 Å². The van der Waals surface area contributed by atoms with Gasteiger partial charge in [0, 0.05) is 11.8 Å². The molecule has 24 heavy (non-hydrogen) atoms. The Morgan fingerprint density at radius 3 is 2.50 bits per heavy atom. The lowest BCUT2D eigenvalue weighted by Gasteiger charge is -2.26. The van der Waals surface area contributed by atoms with Gasteiger partial charge in [-0.3, -0.25) is 4.99 Å². The van der Waals surface area contributed by atoms with Crippen LogP contribution in [0.4, 0.5) is 0 Å². The van der Waals surface area contributed by atoms with Crippen LogP contribution in [0.3, 0.4) is 0 Å². The number of carbonyl (C=O) groups is 2. The summed E-state index contributed by atoms with van der Waals surface area (Å²) in [6.45, 7) is 3.58. The van der Waals surface area contributed by atoms with Crippen LogP contribution in [0.5, 0.6) is 0 Å². The van der Waals surface area contributed by atoms with Crippen molar-refractivity contribution < 1.29 is 19.1 Å². The zero-order valence-electron chi connectivity index (χ0n) is 14.2. The van der Waals surface area contributed by atoms with Gasteiger partial charge in [-0.25, -0.2) is 9.59 Å². The molecule has 0 fully saturated rings. The number of allylic oxidation sites excluding steroid dienone is 1. The van der Waals surface area contributed by atoms with Crippen molar-refractivity contribution in [2.75, 3.05) is 7.11 Å². The van der Waals surface area contributed by atoms with Crippen LogP contribution in [-0.2, 0) is 32.6 Å². The lowest BCUT2D eigenvalue weighted by atomic mass is 9.85. The molecule has 0 saturated heterocycles. The molecule has 1 unspecified atom stereocenters. The highest BCUT2D eigenvalue weighted by Crippen LogP contribution is 2.38. The second-order valence-corrected chi connectivity index (χ2v) is 6.37. The molecule has 0 spiro atoms. The van der Waals surface area contributed by atoms with Crippen molar-refractivity contribution in [3.8, 4) is 0 Å². The van der Waals surface area contributed by atoms with Gasteiger partial charge in [-0.2, -0.15) is 0 Å². The number of fused-ring (bicyclic) bond motifs is 1. The van der Waals surface area contributed by atoms with Crippen LogP contribution < -0.4 is 0 Å². The Bertz CT molecular complexity index is 734. The van der Waals surface area contributed by atoms with Gasteiger partial charge in [0.1, 0.15) is 0 Å². The second-order valence-electron chi connectivity index (χ2n) is 6.37. The van der Waals surface area contributed by atoms with E-state index in [-0.39, 0.29) is 6.10 Å². The number of benzene rings is 1. The van der Waals surface area contributed by atoms with Crippen LogP contribution in [0, 0.1) is 0 Å². The number of hydrogen-bond donors (Lipinski definition) is 0. The minimum atomic E-state index is -1.31. The topological polar surface area (TPSA) is 65.0 Å². The maximum absolute atomic E-state index is 12.8. The van der Waals surface area contributed by atoms with Crippen LogP contribution in [0.2, 0.25) is 0 Å². The van der Waals surface area contributed by atoms with Gasteiger partial charge >= 0.3 is 11.9 Å². The van der Waals surface area contributed by atoms with Crippen molar-refractivity contribution in [1.29, 1.82) is 0 Å². The van der Waals surface area contributed by atoms with Crippen molar-refractivity contribution in [1.82, 2.24) is 0 Å². The van der Waals surface area contributed by atoms with Crippen LogP contribution >= 0.6 is 0 Å². The minimum Gasteiger partial charge on any atom is -0.465 e. The number of aliphatic imine (C=N–C) groups is 1. The van der Waals surface area contributed by atoms with Gasteiger partial charge < -0.3 is 9.47 Å². The summed E-state index contributed by atoms with van der Waals surface area (Å²) in [6.07, 6.45) is 7.60. The molecule has 1 aliphatic heterocycles. The van der Waals surface area contributed by atoms with Gasteiger partial charge in [-0.1, -0.05) is 6.07 Å². The predicted molar refractivity (Wildman–Crippen MR) is 90.3 cm³/mol. The van der Waals surface area contributed by atoms with E-state index in [1.807, 2.05) is 12.1 Å². The van der Waals surface area contributed by atoms with E-state index in [1.165, 1.54) is 7.11 Å². The molecule has 0 radical (unpaired) electrons. The SMILES string of the molecule is COC(=O)c1cc2c(cc1C1(C(=O)OC(C)C)C=CC=N1)CCC2. The molecular formula is C19H21NO4. The van der Waals surface area contributed by atoms with E-state index in [4.69, 9.17) is 9.47 Å². The van der Waals surface area contributed by atoms with Gasteiger partial charge in [0.25, 0.3) is 0 Å². The number of carbonyl (C=O) groups excluding carboxylic acids is 2. The van der Waals surface area contributed by atoms with E-state index >= 15 is 0 Å². The van der Waals surface area contributed by atoms with Gasteiger partial charge in [-0.05, 0) is 62.5 Å². The Labute approximate surface area is 141 Å². The molecule has 0 bridgehead atoms. The summed E-state index contributed by atoms with van der Waals surface area (Å²) in [5, 5.41) is 0. The molecule has 3 rings (SSSR count). The van der Waals surface area contributed by atoms with Crippen LogP contribution in [-0.4, -0.2) is 31.4 Å². The molecular weight excluding hydrogens is 306 g/mol. The second kappa shape index (κ2) is 6.23. The van der Waals surface area contributed by atoms with Crippen molar-refractivity contribution in [2.45, 2.75) is 44.8 Å². The van der Waals surface area contributed by atoms with Gasteiger partial charge in [0.05, 0.1) is 18.8 Å². The lowest BCUT2D eigenvalue weighted by molar-refractivity contribution is -0.152. The molecule has 5 heteroatoms. The smallest absolute Gasteiger partial charge is 0.343 e. The number of rotatable bonds is 4. The molecule has 126 valence electrons. The summed E-state index contributed by atoms with van der Waals surface area (Å²) in [6, 6.07) is 3.76. The van der Waals surface area contributed by atoms with Crippen molar-refractivity contribution in [2.24, 2.45) is 4.99 Å². The van der Waals surface area contributed by atoms with Crippen LogP contribution in [0.25, 0.3) is 0 Å². The first-order valence-electron chi connectivity index (χ1n) is 8.16. The first-order chi connectivity index (χ1) is 11.5.